The number of hydrogen-bond donors (Lipinski definition) is 1. The molecule has 0 aliphatic rings. The van der Waals surface area contributed by atoms with Crippen LogP contribution in [0.2, 0.25) is 0 Å². The van der Waals surface area contributed by atoms with Crippen LogP contribution < -0.4 is 0 Å². The Morgan fingerprint density at radius 2 is 1.85 bits per heavy atom. The zero-order valence-electron chi connectivity index (χ0n) is 11.0. The van der Waals surface area contributed by atoms with Gasteiger partial charge in [-0.05, 0) is 54.4 Å². The molecule has 0 aliphatic carbocycles. The molecule has 2 aromatic rings. The molecule has 0 unspecified atom stereocenters. The molecular formula is C16H13NO2S. The van der Waals surface area contributed by atoms with Crippen molar-refractivity contribution in [3.63, 3.8) is 0 Å². The summed E-state index contributed by atoms with van der Waals surface area (Å²) >= 11 is 1.55. The van der Waals surface area contributed by atoms with Gasteiger partial charge in [-0.3, -0.25) is 0 Å². The third-order valence-electron chi connectivity index (χ3n) is 2.92. The first kappa shape index (κ1) is 14.2. The largest absolute Gasteiger partial charge is 0.478 e. The van der Waals surface area contributed by atoms with Gasteiger partial charge < -0.3 is 5.11 Å². The van der Waals surface area contributed by atoms with Crippen molar-refractivity contribution in [2.75, 3.05) is 0 Å². The van der Waals surface area contributed by atoms with Gasteiger partial charge in [-0.15, -0.1) is 0 Å². The van der Waals surface area contributed by atoms with Crippen molar-refractivity contribution in [2.45, 2.75) is 23.1 Å². The summed E-state index contributed by atoms with van der Waals surface area (Å²) in [6.07, 6.45) is 0.815. The molecule has 2 rings (SSSR count). The van der Waals surface area contributed by atoms with E-state index in [-0.39, 0.29) is 5.56 Å². The molecular weight excluding hydrogens is 270 g/mol. The van der Waals surface area contributed by atoms with Gasteiger partial charge in [0.1, 0.15) is 0 Å². The minimum Gasteiger partial charge on any atom is -0.478 e. The highest BCUT2D eigenvalue weighted by Gasteiger charge is 2.05. The summed E-state index contributed by atoms with van der Waals surface area (Å²) in [5.41, 5.74) is 2.01. The molecule has 4 heteroatoms. The van der Waals surface area contributed by atoms with Crippen LogP contribution in [0.3, 0.4) is 0 Å². The molecule has 3 nitrogen and oxygen atoms in total. The van der Waals surface area contributed by atoms with Gasteiger partial charge >= 0.3 is 5.97 Å². The average Bonchev–Trinajstić information content (AvgIpc) is 2.47. The second-order valence-electron chi connectivity index (χ2n) is 4.22. The van der Waals surface area contributed by atoms with Crippen molar-refractivity contribution >= 4 is 17.7 Å². The minimum atomic E-state index is -0.923. The van der Waals surface area contributed by atoms with Crippen LogP contribution in [-0.4, -0.2) is 11.1 Å². The molecule has 0 aliphatic heterocycles. The lowest BCUT2D eigenvalue weighted by Gasteiger charge is -2.06. The molecule has 0 spiro atoms. The number of hydrogen-bond acceptors (Lipinski definition) is 3. The molecule has 0 fully saturated rings. The molecule has 0 saturated carbocycles. The Bertz CT molecular complexity index is 672. The smallest absolute Gasteiger partial charge is 0.335 e. The van der Waals surface area contributed by atoms with E-state index in [0.717, 1.165) is 21.8 Å². The lowest BCUT2D eigenvalue weighted by atomic mass is 10.1. The molecule has 0 atom stereocenters. The van der Waals surface area contributed by atoms with Crippen molar-refractivity contribution in [3.05, 3.63) is 59.2 Å². The lowest BCUT2D eigenvalue weighted by molar-refractivity contribution is 0.0697. The molecule has 0 saturated heterocycles. The Hall–Kier alpha value is -2.25. The Labute approximate surface area is 121 Å². The number of aromatic carboxylic acids is 1. The fourth-order valence-electron chi connectivity index (χ4n) is 1.84. The predicted octanol–water partition coefficient (Wildman–Crippen LogP) is 3.97. The van der Waals surface area contributed by atoms with E-state index in [2.05, 4.69) is 6.07 Å². The van der Waals surface area contributed by atoms with Gasteiger partial charge in [0.15, 0.2) is 0 Å². The van der Waals surface area contributed by atoms with Crippen molar-refractivity contribution in [1.29, 1.82) is 5.26 Å². The van der Waals surface area contributed by atoms with Crippen molar-refractivity contribution in [3.8, 4) is 6.07 Å². The molecule has 0 aromatic heterocycles. The quantitative estimate of drug-likeness (QED) is 0.922. The summed E-state index contributed by atoms with van der Waals surface area (Å²) in [6.45, 7) is 2.02. The van der Waals surface area contributed by atoms with Gasteiger partial charge in [0.25, 0.3) is 0 Å². The van der Waals surface area contributed by atoms with E-state index in [1.165, 1.54) is 0 Å². The monoisotopic (exact) mass is 283 g/mol. The first-order chi connectivity index (χ1) is 9.63. The molecule has 0 amide bonds. The molecule has 0 bridgehead atoms. The van der Waals surface area contributed by atoms with E-state index in [4.69, 9.17) is 10.4 Å². The summed E-state index contributed by atoms with van der Waals surface area (Å²) in [5, 5.41) is 17.9. The first-order valence-electron chi connectivity index (χ1n) is 6.18. The number of carboxylic acid groups (broad SMARTS) is 1. The predicted molar refractivity (Wildman–Crippen MR) is 78.1 cm³/mol. The molecule has 1 N–H and O–H groups in total. The second-order valence-corrected chi connectivity index (χ2v) is 5.36. The lowest BCUT2D eigenvalue weighted by Crippen LogP contribution is -1.94. The molecule has 0 radical (unpaired) electrons. The summed E-state index contributed by atoms with van der Waals surface area (Å²) in [4.78, 5) is 12.8. The Morgan fingerprint density at radius 3 is 2.40 bits per heavy atom. The molecule has 2 aromatic carbocycles. The standard InChI is InChI=1S/C16H13NO2S/c1-2-11-9-15(8-5-13(11)10-17)20-14-6-3-12(4-7-14)16(18)19/h3-9H,2H2,1H3,(H,18,19). The third-order valence-corrected chi connectivity index (χ3v) is 3.91. The third kappa shape index (κ3) is 3.19. The first-order valence-corrected chi connectivity index (χ1v) is 7.00. The second kappa shape index (κ2) is 6.27. The van der Waals surface area contributed by atoms with Crippen molar-refractivity contribution in [1.82, 2.24) is 0 Å². The number of carbonyl (C=O) groups is 1. The van der Waals surface area contributed by atoms with Crippen LogP contribution in [0.25, 0.3) is 0 Å². The summed E-state index contributed by atoms with van der Waals surface area (Å²) in [7, 11) is 0. The van der Waals surface area contributed by atoms with Crippen LogP contribution in [0, 0.1) is 11.3 Å². The molecule has 100 valence electrons. The highest BCUT2D eigenvalue weighted by atomic mass is 32.2. The number of nitrogens with zero attached hydrogens (tertiary/aromatic N) is 1. The van der Waals surface area contributed by atoms with Crippen molar-refractivity contribution < 1.29 is 9.90 Å². The Kier molecular flexibility index (Phi) is 4.44. The fraction of sp³-hybridized carbons (Fsp3) is 0.125. The van der Waals surface area contributed by atoms with Gasteiger partial charge in [-0.25, -0.2) is 4.79 Å². The minimum absolute atomic E-state index is 0.281. The average molecular weight is 283 g/mol. The van der Waals surface area contributed by atoms with Crippen LogP contribution in [0.5, 0.6) is 0 Å². The highest BCUT2D eigenvalue weighted by molar-refractivity contribution is 7.99. The molecule has 20 heavy (non-hydrogen) atoms. The van der Waals surface area contributed by atoms with Crippen LogP contribution in [0.15, 0.2) is 52.3 Å². The van der Waals surface area contributed by atoms with Crippen LogP contribution in [-0.2, 0) is 6.42 Å². The van der Waals surface area contributed by atoms with Gasteiger partial charge in [-0.1, -0.05) is 18.7 Å². The van der Waals surface area contributed by atoms with Crippen LogP contribution >= 0.6 is 11.8 Å². The van der Waals surface area contributed by atoms with E-state index in [1.807, 2.05) is 25.1 Å². The maximum atomic E-state index is 10.8. The number of carboxylic acids is 1. The normalized spacial score (nSPS) is 10.0. The zero-order valence-corrected chi connectivity index (χ0v) is 11.8. The Morgan fingerprint density at radius 1 is 1.20 bits per heavy atom. The fourth-order valence-corrected chi connectivity index (χ4v) is 2.72. The topological polar surface area (TPSA) is 61.1 Å². The van der Waals surface area contributed by atoms with Gasteiger partial charge in [-0.2, -0.15) is 5.26 Å². The van der Waals surface area contributed by atoms with Gasteiger partial charge in [0.05, 0.1) is 17.2 Å². The SMILES string of the molecule is CCc1cc(Sc2ccc(C(=O)O)cc2)ccc1C#N. The number of aryl methyl sites for hydroxylation is 1. The van der Waals surface area contributed by atoms with E-state index in [9.17, 15) is 4.79 Å². The van der Waals surface area contributed by atoms with E-state index >= 15 is 0 Å². The molecule has 0 heterocycles. The van der Waals surface area contributed by atoms with Crippen LogP contribution in [0.4, 0.5) is 0 Å². The van der Waals surface area contributed by atoms with Crippen molar-refractivity contribution in [2.24, 2.45) is 0 Å². The Balaban J connectivity index is 2.22. The number of benzene rings is 2. The van der Waals surface area contributed by atoms with E-state index in [1.54, 1.807) is 36.0 Å². The maximum absolute atomic E-state index is 10.8. The number of nitriles is 1. The summed E-state index contributed by atoms with van der Waals surface area (Å²) in [5.74, 6) is -0.923. The maximum Gasteiger partial charge on any atom is 0.335 e. The van der Waals surface area contributed by atoms with Gasteiger partial charge in [0.2, 0.25) is 0 Å². The van der Waals surface area contributed by atoms with E-state index in [0.29, 0.717) is 5.56 Å². The number of rotatable bonds is 4. The zero-order chi connectivity index (χ0) is 14.5. The highest BCUT2D eigenvalue weighted by Crippen LogP contribution is 2.29. The van der Waals surface area contributed by atoms with E-state index < -0.39 is 5.97 Å². The van der Waals surface area contributed by atoms with Gasteiger partial charge in [0, 0.05) is 9.79 Å². The summed E-state index contributed by atoms with van der Waals surface area (Å²) < 4.78 is 0. The summed E-state index contributed by atoms with van der Waals surface area (Å²) in [6, 6.07) is 14.7. The van der Waals surface area contributed by atoms with Crippen LogP contribution in [0.1, 0.15) is 28.4 Å².